The predicted molar refractivity (Wildman–Crippen MR) is 78.9 cm³/mol. The molecule has 0 spiro atoms. The first-order valence-electron chi connectivity index (χ1n) is 6.38. The molecule has 0 aliphatic rings. The van der Waals surface area contributed by atoms with Crippen molar-refractivity contribution in [3.8, 4) is 5.75 Å². The molecule has 20 heavy (non-hydrogen) atoms. The molecule has 0 unspecified atom stereocenters. The smallest absolute Gasteiger partial charge is 0.165 e. The zero-order valence-electron chi connectivity index (χ0n) is 11.4. The summed E-state index contributed by atoms with van der Waals surface area (Å²) in [6.45, 7) is 4.75. The molecule has 2 aromatic rings. The van der Waals surface area contributed by atoms with Gasteiger partial charge < -0.3 is 10.1 Å². The molecule has 0 atom stereocenters. The van der Waals surface area contributed by atoms with E-state index in [4.69, 9.17) is 16.3 Å². The number of ether oxygens (including phenoxy) is 1. The highest BCUT2D eigenvalue weighted by molar-refractivity contribution is 6.31. The van der Waals surface area contributed by atoms with Crippen molar-refractivity contribution < 1.29 is 9.13 Å². The number of aryl methyl sites for hydroxylation is 1. The summed E-state index contributed by atoms with van der Waals surface area (Å²) in [7, 11) is 0. The summed E-state index contributed by atoms with van der Waals surface area (Å²) >= 11 is 6.07. The fourth-order valence-electron chi connectivity index (χ4n) is 1.73. The SMILES string of the molecule is CCNc1ccc(Cl)c(COc2cc(C)ccc2F)n1. The number of halogens is 2. The normalized spacial score (nSPS) is 10.4. The van der Waals surface area contributed by atoms with E-state index < -0.39 is 5.82 Å². The molecule has 1 aromatic carbocycles. The number of hydrogen-bond acceptors (Lipinski definition) is 3. The van der Waals surface area contributed by atoms with E-state index in [9.17, 15) is 4.39 Å². The van der Waals surface area contributed by atoms with Gasteiger partial charge in [0.05, 0.1) is 10.7 Å². The largest absolute Gasteiger partial charge is 0.484 e. The average molecular weight is 295 g/mol. The van der Waals surface area contributed by atoms with Gasteiger partial charge >= 0.3 is 0 Å². The molecule has 1 N–H and O–H groups in total. The van der Waals surface area contributed by atoms with Gasteiger partial charge in [-0.25, -0.2) is 9.37 Å². The van der Waals surface area contributed by atoms with E-state index in [-0.39, 0.29) is 12.4 Å². The Morgan fingerprint density at radius 3 is 2.85 bits per heavy atom. The van der Waals surface area contributed by atoms with E-state index in [0.717, 1.165) is 17.9 Å². The molecule has 1 heterocycles. The molecule has 106 valence electrons. The third-order valence-corrected chi connectivity index (χ3v) is 3.07. The van der Waals surface area contributed by atoms with Crippen LogP contribution in [0, 0.1) is 12.7 Å². The van der Waals surface area contributed by atoms with Gasteiger partial charge in [0.25, 0.3) is 0 Å². The molecule has 0 bridgehead atoms. The monoisotopic (exact) mass is 294 g/mol. The topological polar surface area (TPSA) is 34.1 Å². The standard InChI is InChI=1S/C15H16ClFN2O/c1-3-18-15-7-5-11(16)13(19-15)9-20-14-8-10(2)4-6-12(14)17/h4-8H,3,9H2,1-2H3,(H,18,19). The van der Waals surface area contributed by atoms with Crippen LogP contribution in [0.1, 0.15) is 18.2 Å². The molecule has 0 saturated heterocycles. The first-order chi connectivity index (χ1) is 9.60. The Morgan fingerprint density at radius 2 is 2.10 bits per heavy atom. The molecule has 0 radical (unpaired) electrons. The highest BCUT2D eigenvalue weighted by Crippen LogP contribution is 2.22. The van der Waals surface area contributed by atoms with Gasteiger partial charge in [-0.05, 0) is 43.7 Å². The van der Waals surface area contributed by atoms with E-state index in [1.165, 1.54) is 6.07 Å². The minimum Gasteiger partial charge on any atom is -0.484 e. The molecule has 0 aliphatic heterocycles. The second-order valence-corrected chi connectivity index (χ2v) is 4.79. The quantitative estimate of drug-likeness (QED) is 0.897. The lowest BCUT2D eigenvalue weighted by Gasteiger charge is -2.10. The summed E-state index contributed by atoms with van der Waals surface area (Å²) in [6.07, 6.45) is 0. The van der Waals surface area contributed by atoms with Crippen LogP contribution in [-0.4, -0.2) is 11.5 Å². The van der Waals surface area contributed by atoms with Crippen LogP contribution < -0.4 is 10.1 Å². The van der Waals surface area contributed by atoms with E-state index in [1.54, 1.807) is 24.3 Å². The number of benzene rings is 1. The molecule has 0 amide bonds. The second-order valence-electron chi connectivity index (χ2n) is 4.38. The molecule has 2 rings (SSSR count). The number of pyridine rings is 1. The van der Waals surface area contributed by atoms with Crippen LogP contribution in [0.25, 0.3) is 0 Å². The van der Waals surface area contributed by atoms with Crippen LogP contribution in [0.4, 0.5) is 10.2 Å². The van der Waals surface area contributed by atoms with Crippen LogP contribution in [-0.2, 0) is 6.61 Å². The van der Waals surface area contributed by atoms with E-state index in [2.05, 4.69) is 10.3 Å². The fraction of sp³-hybridized carbons (Fsp3) is 0.267. The van der Waals surface area contributed by atoms with Crippen LogP contribution >= 0.6 is 11.6 Å². The lowest BCUT2D eigenvalue weighted by molar-refractivity contribution is 0.286. The van der Waals surface area contributed by atoms with Crippen LogP contribution in [0.15, 0.2) is 30.3 Å². The van der Waals surface area contributed by atoms with E-state index >= 15 is 0 Å². The minimum atomic E-state index is -0.394. The summed E-state index contributed by atoms with van der Waals surface area (Å²) < 4.78 is 19.1. The Bertz CT molecular complexity index is 604. The average Bonchev–Trinajstić information content (AvgIpc) is 2.43. The van der Waals surface area contributed by atoms with Gasteiger partial charge in [0.15, 0.2) is 11.6 Å². The number of nitrogens with one attached hydrogen (secondary N) is 1. The molecule has 5 heteroatoms. The maximum Gasteiger partial charge on any atom is 0.165 e. The van der Waals surface area contributed by atoms with E-state index in [1.807, 2.05) is 13.8 Å². The van der Waals surface area contributed by atoms with Gasteiger partial charge in [0.2, 0.25) is 0 Å². The van der Waals surface area contributed by atoms with Gasteiger partial charge in [-0.2, -0.15) is 0 Å². The van der Waals surface area contributed by atoms with Crippen molar-refractivity contribution >= 4 is 17.4 Å². The third kappa shape index (κ3) is 3.61. The van der Waals surface area contributed by atoms with Gasteiger partial charge in [-0.3, -0.25) is 0 Å². The summed E-state index contributed by atoms with van der Waals surface area (Å²) in [5.74, 6) is 0.534. The Kier molecular flexibility index (Phi) is 4.79. The van der Waals surface area contributed by atoms with Gasteiger partial charge in [0, 0.05) is 6.54 Å². The van der Waals surface area contributed by atoms with Crippen LogP contribution in [0.2, 0.25) is 5.02 Å². The van der Waals surface area contributed by atoms with Crippen molar-refractivity contribution in [3.05, 3.63) is 52.4 Å². The van der Waals surface area contributed by atoms with Crippen molar-refractivity contribution in [2.75, 3.05) is 11.9 Å². The Morgan fingerprint density at radius 1 is 1.30 bits per heavy atom. The highest BCUT2D eigenvalue weighted by atomic mass is 35.5. The van der Waals surface area contributed by atoms with Crippen molar-refractivity contribution in [1.82, 2.24) is 4.98 Å². The molecule has 0 aliphatic carbocycles. The molecule has 3 nitrogen and oxygen atoms in total. The maximum absolute atomic E-state index is 13.6. The first-order valence-corrected chi connectivity index (χ1v) is 6.76. The number of anilines is 1. The highest BCUT2D eigenvalue weighted by Gasteiger charge is 2.08. The summed E-state index contributed by atoms with van der Waals surface area (Å²) in [5.41, 5.74) is 1.51. The number of nitrogens with zero attached hydrogens (tertiary/aromatic N) is 1. The summed E-state index contributed by atoms with van der Waals surface area (Å²) in [5, 5.41) is 3.59. The second kappa shape index (κ2) is 6.57. The number of rotatable bonds is 5. The van der Waals surface area contributed by atoms with Crippen molar-refractivity contribution in [3.63, 3.8) is 0 Å². The van der Waals surface area contributed by atoms with Gasteiger partial charge in [-0.15, -0.1) is 0 Å². The number of aromatic nitrogens is 1. The maximum atomic E-state index is 13.6. The third-order valence-electron chi connectivity index (χ3n) is 2.73. The Hall–Kier alpha value is -1.81. The lowest BCUT2D eigenvalue weighted by atomic mass is 10.2. The zero-order chi connectivity index (χ0) is 14.5. The Labute approximate surface area is 122 Å². The van der Waals surface area contributed by atoms with Crippen molar-refractivity contribution in [2.45, 2.75) is 20.5 Å². The fourth-order valence-corrected chi connectivity index (χ4v) is 1.89. The van der Waals surface area contributed by atoms with Crippen molar-refractivity contribution in [2.24, 2.45) is 0 Å². The van der Waals surface area contributed by atoms with Gasteiger partial charge in [0.1, 0.15) is 12.4 Å². The zero-order valence-corrected chi connectivity index (χ0v) is 12.2. The van der Waals surface area contributed by atoms with E-state index in [0.29, 0.717) is 10.7 Å². The lowest BCUT2D eigenvalue weighted by Crippen LogP contribution is -2.05. The summed E-state index contributed by atoms with van der Waals surface area (Å²) in [4.78, 5) is 4.34. The first kappa shape index (κ1) is 14.6. The molecule has 0 saturated carbocycles. The molecule has 0 fully saturated rings. The molecular formula is C15H16ClFN2O. The molecule has 1 aromatic heterocycles. The Balaban J connectivity index is 2.13. The number of hydrogen-bond donors (Lipinski definition) is 1. The van der Waals surface area contributed by atoms with Crippen LogP contribution in [0.5, 0.6) is 5.75 Å². The van der Waals surface area contributed by atoms with Gasteiger partial charge in [-0.1, -0.05) is 17.7 Å². The minimum absolute atomic E-state index is 0.123. The van der Waals surface area contributed by atoms with Crippen molar-refractivity contribution in [1.29, 1.82) is 0 Å². The molecular weight excluding hydrogens is 279 g/mol. The predicted octanol–water partition coefficient (Wildman–Crippen LogP) is 4.19. The van der Waals surface area contributed by atoms with Crippen LogP contribution in [0.3, 0.4) is 0 Å². The summed E-state index contributed by atoms with van der Waals surface area (Å²) in [6, 6.07) is 8.27.